The molecule has 0 unspecified atom stereocenters. The van der Waals surface area contributed by atoms with Gasteiger partial charge in [-0.25, -0.2) is 8.42 Å². The van der Waals surface area contributed by atoms with E-state index in [2.05, 4.69) is 5.32 Å². The molecule has 156 valence electrons. The van der Waals surface area contributed by atoms with Gasteiger partial charge in [-0.2, -0.15) is 0 Å². The molecule has 1 N–H and O–H groups in total. The van der Waals surface area contributed by atoms with Crippen LogP contribution in [0.2, 0.25) is 10.0 Å². The maximum atomic E-state index is 12.5. The van der Waals surface area contributed by atoms with Crippen LogP contribution in [0.5, 0.6) is 0 Å². The topological polar surface area (TPSA) is 66.5 Å². The third-order valence-corrected chi connectivity index (χ3v) is 6.27. The first-order chi connectivity index (χ1) is 14.1. The lowest BCUT2D eigenvalue weighted by Gasteiger charge is -2.23. The van der Waals surface area contributed by atoms with E-state index in [9.17, 15) is 13.2 Å². The quantitative estimate of drug-likeness (QED) is 0.524. The number of nitrogens with zero attached hydrogens (tertiary/aromatic N) is 1. The Morgan fingerprint density at radius 2 is 1.67 bits per heavy atom. The number of sulfonamides is 1. The third kappa shape index (κ3) is 5.33. The molecule has 0 fully saturated rings. The second-order valence-electron chi connectivity index (χ2n) is 6.82. The Labute approximate surface area is 186 Å². The minimum absolute atomic E-state index is 0.204. The van der Waals surface area contributed by atoms with Crippen LogP contribution < -0.4 is 9.62 Å². The molecule has 0 aliphatic rings. The summed E-state index contributed by atoms with van der Waals surface area (Å²) in [5.41, 5.74) is 3.13. The number of amides is 1. The van der Waals surface area contributed by atoms with Crippen molar-refractivity contribution < 1.29 is 13.2 Å². The van der Waals surface area contributed by atoms with Crippen LogP contribution in [0.25, 0.3) is 0 Å². The average Bonchev–Trinajstić information content (AvgIpc) is 2.69. The van der Waals surface area contributed by atoms with E-state index in [-0.39, 0.29) is 12.5 Å². The molecule has 8 heteroatoms. The Kier molecular flexibility index (Phi) is 6.71. The summed E-state index contributed by atoms with van der Waals surface area (Å²) in [4.78, 5) is 12.5. The van der Waals surface area contributed by atoms with E-state index in [0.717, 1.165) is 17.4 Å². The largest absolute Gasteiger partial charge is 0.321 e. The van der Waals surface area contributed by atoms with Gasteiger partial charge in [0.2, 0.25) is 10.0 Å². The molecule has 0 aromatic heterocycles. The van der Waals surface area contributed by atoms with Gasteiger partial charge in [0.1, 0.15) is 0 Å². The maximum absolute atomic E-state index is 12.5. The van der Waals surface area contributed by atoms with Gasteiger partial charge in [0.05, 0.1) is 29.2 Å². The lowest BCUT2D eigenvalue weighted by Crippen LogP contribution is -2.29. The second kappa shape index (κ2) is 9.08. The summed E-state index contributed by atoms with van der Waals surface area (Å²) in [6.45, 7) is 2.14. The van der Waals surface area contributed by atoms with Gasteiger partial charge in [-0.1, -0.05) is 47.5 Å². The second-order valence-corrected chi connectivity index (χ2v) is 9.57. The predicted octanol–water partition coefficient (Wildman–Crippen LogP) is 5.52. The maximum Gasteiger partial charge on any atom is 0.255 e. The van der Waals surface area contributed by atoms with Crippen molar-refractivity contribution in [2.24, 2.45) is 0 Å². The number of anilines is 2. The summed E-state index contributed by atoms with van der Waals surface area (Å²) in [5, 5.41) is 3.52. The smallest absolute Gasteiger partial charge is 0.255 e. The van der Waals surface area contributed by atoms with Crippen molar-refractivity contribution in [1.82, 2.24) is 0 Å². The van der Waals surface area contributed by atoms with Gasteiger partial charge >= 0.3 is 0 Å². The third-order valence-electron chi connectivity index (χ3n) is 4.57. The van der Waals surface area contributed by atoms with Crippen LogP contribution in [0.15, 0.2) is 66.7 Å². The fraction of sp³-hybridized carbons (Fsp3) is 0.136. The van der Waals surface area contributed by atoms with Gasteiger partial charge in [0.25, 0.3) is 5.91 Å². The van der Waals surface area contributed by atoms with Crippen molar-refractivity contribution in [2.75, 3.05) is 15.9 Å². The Morgan fingerprint density at radius 3 is 2.30 bits per heavy atom. The van der Waals surface area contributed by atoms with Crippen LogP contribution >= 0.6 is 23.2 Å². The molecule has 30 heavy (non-hydrogen) atoms. The van der Waals surface area contributed by atoms with E-state index in [1.54, 1.807) is 42.5 Å². The van der Waals surface area contributed by atoms with Gasteiger partial charge in [0, 0.05) is 10.6 Å². The summed E-state index contributed by atoms with van der Waals surface area (Å²) >= 11 is 12.0. The number of carbonyl (C=O) groups excluding carboxylic acids is 1. The Hall–Kier alpha value is -2.54. The first-order valence-corrected chi connectivity index (χ1v) is 11.6. The molecular weight excluding hydrogens is 443 g/mol. The lowest BCUT2D eigenvalue weighted by molar-refractivity contribution is 0.102. The molecule has 3 aromatic rings. The van der Waals surface area contributed by atoms with Gasteiger partial charge < -0.3 is 5.32 Å². The zero-order chi connectivity index (χ0) is 21.9. The van der Waals surface area contributed by atoms with Crippen LogP contribution in [0.1, 0.15) is 21.5 Å². The van der Waals surface area contributed by atoms with Crippen LogP contribution in [-0.2, 0) is 16.6 Å². The highest BCUT2D eigenvalue weighted by Crippen LogP contribution is 2.27. The first-order valence-electron chi connectivity index (χ1n) is 9.04. The number of halogens is 2. The molecule has 0 saturated carbocycles. The standard InChI is InChI=1S/C22H20Cl2N2O3S/c1-15-5-3-4-6-17(15)14-26(30(2,28)29)19-10-7-16(8-11-19)22(27)25-21-13-18(23)9-12-20(21)24/h3-13H,14H2,1-2H3,(H,25,27). The molecule has 3 aromatic carbocycles. The highest BCUT2D eigenvalue weighted by atomic mass is 35.5. The van der Waals surface area contributed by atoms with Crippen molar-refractivity contribution in [2.45, 2.75) is 13.5 Å². The van der Waals surface area contributed by atoms with Crippen LogP contribution in [0.3, 0.4) is 0 Å². The molecule has 3 rings (SSSR count). The Morgan fingerprint density at radius 1 is 1.00 bits per heavy atom. The fourth-order valence-electron chi connectivity index (χ4n) is 2.91. The van der Waals surface area contributed by atoms with E-state index in [1.807, 2.05) is 31.2 Å². The summed E-state index contributed by atoms with van der Waals surface area (Å²) < 4.78 is 26.1. The Bertz CT molecular complexity index is 1180. The van der Waals surface area contributed by atoms with Crippen LogP contribution in [-0.4, -0.2) is 20.6 Å². The molecule has 0 aliphatic heterocycles. The molecule has 0 radical (unpaired) electrons. The van der Waals surface area contributed by atoms with Gasteiger partial charge in [0.15, 0.2) is 0 Å². The SMILES string of the molecule is Cc1ccccc1CN(c1ccc(C(=O)Nc2cc(Cl)ccc2Cl)cc1)S(C)(=O)=O. The Balaban J connectivity index is 1.84. The number of hydrogen-bond donors (Lipinski definition) is 1. The number of aryl methyl sites for hydroxylation is 1. The normalized spacial score (nSPS) is 11.2. The molecule has 0 atom stereocenters. The van der Waals surface area contributed by atoms with Crippen molar-refractivity contribution in [3.05, 3.63) is 93.5 Å². The van der Waals surface area contributed by atoms with Crippen LogP contribution in [0.4, 0.5) is 11.4 Å². The molecule has 0 saturated heterocycles. The van der Waals surface area contributed by atoms with E-state index in [0.29, 0.717) is 27.0 Å². The summed E-state index contributed by atoms with van der Waals surface area (Å²) in [5.74, 6) is -0.379. The summed E-state index contributed by atoms with van der Waals surface area (Å²) in [7, 11) is -3.52. The highest BCUT2D eigenvalue weighted by molar-refractivity contribution is 7.92. The van der Waals surface area contributed by atoms with Gasteiger partial charge in [-0.3, -0.25) is 9.10 Å². The molecular formula is C22H20Cl2N2O3S. The van der Waals surface area contributed by atoms with E-state index in [1.165, 1.54) is 4.31 Å². The minimum Gasteiger partial charge on any atom is -0.321 e. The summed E-state index contributed by atoms with van der Waals surface area (Å²) in [6.07, 6.45) is 1.16. The van der Waals surface area contributed by atoms with Gasteiger partial charge in [-0.05, 0) is 60.5 Å². The van der Waals surface area contributed by atoms with Crippen molar-refractivity contribution in [1.29, 1.82) is 0 Å². The molecule has 0 bridgehead atoms. The van der Waals surface area contributed by atoms with Gasteiger partial charge in [-0.15, -0.1) is 0 Å². The molecule has 0 aliphatic carbocycles. The molecule has 0 heterocycles. The molecule has 5 nitrogen and oxygen atoms in total. The monoisotopic (exact) mass is 462 g/mol. The average molecular weight is 463 g/mol. The van der Waals surface area contributed by atoms with Crippen molar-refractivity contribution >= 4 is 50.5 Å². The van der Waals surface area contributed by atoms with E-state index < -0.39 is 10.0 Å². The van der Waals surface area contributed by atoms with Crippen molar-refractivity contribution in [3.63, 3.8) is 0 Å². The zero-order valence-corrected chi connectivity index (χ0v) is 18.7. The number of hydrogen-bond acceptors (Lipinski definition) is 3. The lowest BCUT2D eigenvalue weighted by atomic mass is 10.1. The number of carbonyl (C=O) groups is 1. The number of benzene rings is 3. The molecule has 0 spiro atoms. The van der Waals surface area contributed by atoms with E-state index >= 15 is 0 Å². The fourth-order valence-corrected chi connectivity index (χ4v) is 4.12. The first kappa shape index (κ1) is 22.2. The minimum atomic E-state index is -3.52. The highest BCUT2D eigenvalue weighted by Gasteiger charge is 2.19. The number of rotatable bonds is 6. The zero-order valence-electron chi connectivity index (χ0n) is 16.4. The van der Waals surface area contributed by atoms with Crippen LogP contribution in [0, 0.1) is 6.92 Å². The predicted molar refractivity (Wildman–Crippen MR) is 123 cm³/mol. The summed E-state index contributed by atoms with van der Waals surface area (Å²) in [6, 6.07) is 18.7. The van der Waals surface area contributed by atoms with Crippen molar-refractivity contribution in [3.8, 4) is 0 Å². The molecule has 1 amide bonds. The van der Waals surface area contributed by atoms with E-state index in [4.69, 9.17) is 23.2 Å². The number of nitrogens with one attached hydrogen (secondary N) is 1.